The Balaban J connectivity index is 1.05. The molecule has 0 unspecified atom stereocenters. The number of hydrogen-bond donors (Lipinski definition) is 0. The van der Waals surface area contributed by atoms with Crippen molar-refractivity contribution < 1.29 is 24.1 Å². The number of aryl methyl sites for hydroxylation is 2. The molecule has 5 nitrogen and oxygen atoms in total. The molecule has 282 valence electrons. The van der Waals surface area contributed by atoms with Gasteiger partial charge >= 0.3 is 294 Å². The van der Waals surface area contributed by atoms with Crippen molar-refractivity contribution >= 4 is 32.8 Å². The molecule has 3 heterocycles. The van der Waals surface area contributed by atoms with Crippen LogP contribution in [0.1, 0.15) is 24.0 Å². The van der Waals surface area contributed by atoms with Crippen molar-refractivity contribution in [3.8, 4) is 50.9 Å². The molecule has 0 atom stereocenters. The van der Waals surface area contributed by atoms with Crippen LogP contribution in [0.25, 0.3) is 72.3 Å². The molecule has 1 aliphatic rings. The Labute approximate surface area is 347 Å². The van der Waals surface area contributed by atoms with Crippen LogP contribution >= 0.6 is 0 Å². The van der Waals surface area contributed by atoms with E-state index in [1.165, 1.54) is 62.5 Å². The Morgan fingerprint density at radius 1 is 0.466 bits per heavy atom. The fourth-order valence-electron chi connectivity index (χ4n) is 8.90. The molecular weight excluding hydrogens is 892 g/mol. The number of ether oxygens (including phenoxy) is 1. The van der Waals surface area contributed by atoms with Gasteiger partial charge in [-0.05, 0) is 42.9 Å². The quantitative estimate of drug-likeness (QED) is 0.160. The standard InChI is InChI=1S/C52H38N4O.Pt/c1-3-15-36(16-4-1)43-23-14-24-44(37-17-5-2-6-18-37)52(43)55-35-54(47-25-9-10-26-48(47)55)40-21-13-22-41(33-40)57-42-28-29-45-46-31-38-19-7-8-20-39(38)32-49(46)56(50(45)34-42)51-27-11-12-30-53-51;/h1-6,9-18,21-34H,7-8,19-20H2;. The van der Waals surface area contributed by atoms with Crippen LogP contribution in [0.2, 0.25) is 0 Å². The van der Waals surface area contributed by atoms with Crippen LogP contribution in [0.3, 0.4) is 0 Å². The molecule has 0 fully saturated rings. The van der Waals surface area contributed by atoms with Gasteiger partial charge in [-0.3, -0.25) is 0 Å². The van der Waals surface area contributed by atoms with Gasteiger partial charge in [0.15, 0.2) is 0 Å². The molecule has 7 aromatic carbocycles. The Hall–Kier alpha value is -6.55. The fourth-order valence-corrected chi connectivity index (χ4v) is 10.00. The number of nitrogens with zero attached hydrogens (tertiary/aromatic N) is 4. The maximum absolute atomic E-state index is 6.78. The third kappa shape index (κ3) is 5.88. The molecule has 0 N–H and O–H groups in total. The molecule has 0 saturated heterocycles. The third-order valence-corrected chi connectivity index (χ3v) is 12.5. The van der Waals surface area contributed by atoms with Crippen LogP contribution in [0.15, 0.2) is 182 Å². The maximum atomic E-state index is 6.78. The summed E-state index contributed by atoms with van der Waals surface area (Å²) in [5, 5.41) is 2.47. The second-order valence-corrected chi connectivity index (χ2v) is 16.0. The number of hydrogen-bond acceptors (Lipinski definition) is 2. The summed E-state index contributed by atoms with van der Waals surface area (Å²) in [6.07, 6.45) is 6.64. The summed E-state index contributed by atoms with van der Waals surface area (Å²) in [5.74, 6) is 2.45. The Kier molecular flexibility index (Phi) is 8.63. The van der Waals surface area contributed by atoms with Crippen molar-refractivity contribution in [3.63, 3.8) is 0 Å². The van der Waals surface area contributed by atoms with E-state index >= 15 is 0 Å². The van der Waals surface area contributed by atoms with E-state index < -0.39 is 0 Å². The molecule has 0 radical (unpaired) electrons. The zero-order chi connectivity index (χ0) is 38.6. The topological polar surface area (TPSA) is 36.9 Å². The number of benzene rings is 7. The first kappa shape index (κ1) is 34.7. The molecule has 6 heteroatoms. The average Bonchev–Trinajstić information content (AvgIpc) is 3.76. The Morgan fingerprint density at radius 2 is 1.09 bits per heavy atom. The first-order chi connectivity index (χ1) is 28.7. The zero-order valence-electron chi connectivity index (χ0n) is 31.7. The van der Waals surface area contributed by atoms with Crippen molar-refractivity contribution in [3.05, 3.63) is 197 Å². The normalized spacial score (nSPS) is 12.7. The summed E-state index contributed by atoms with van der Waals surface area (Å²) < 4.78 is 14.9. The minimum absolute atomic E-state index is 0.767. The second-order valence-electron chi connectivity index (χ2n) is 15.0. The van der Waals surface area contributed by atoms with Gasteiger partial charge in [0.2, 0.25) is 0 Å². The molecule has 0 saturated carbocycles. The van der Waals surface area contributed by atoms with Crippen molar-refractivity contribution in [1.82, 2.24) is 18.7 Å². The molecule has 11 rings (SSSR count). The molecular formula is C52H38N4OPt. The monoisotopic (exact) mass is 929 g/mol. The average molecular weight is 930 g/mol. The Bertz CT molecular complexity index is 3160. The summed E-state index contributed by atoms with van der Waals surface area (Å²) in [6, 6.07) is 62.6. The molecule has 1 aliphatic carbocycles. The van der Waals surface area contributed by atoms with Gasteiger partial charge in [-0.2, -0.15) is 0 Å². The van der Waals surface area contributed by atoms with E-state index in [0.717, 1.165) is 61.9 Å². The van der Waals surface area contributed by atoms with E-state index in [1.54, 1.807) is 0 Å². The van der Waals surface area contributed by atoms with Gasteiger partial charge in [0.05, 0.1) is 0 Å². The minimum atomic E-state index is 0.767. The molecule has 0 bridgehead atoms. The summed E-state index contributed by atoms with van der Waals surface area (Å²) in [4.78, 5) is 4.81. The summed E-state index contributed by atoms with van der Waals surface area (Å²) >= 11 is 2.50. The molecule has 0 aliphatic heterocycles. The van der Waals surface area contributed by atoms with Crippen LogP contribution in [0, 0.1) is 3.80 Å². The number of fused-ring (bicyclic) bond motifs is 5. The van der Waals surface area contributed by atoms with E-state index in [9.17, 15) is 0 Å². The first-order valence-corrected chi connectivity index (χ1v) is 21.0. The van der Waals surface area contributed by atoms with E-state index in [4.69, 9.17) is 9.72 Å². The van der Waals surface area contributed by atoms with Crippen LogP contribution in [-0.2, 0) is 32.2 Å². The van der Waals surface area contributed by atoms with Gasteiger partial charge in [0.25, 0.3) is 0 Å². The molecule has 10 aromatic rings. The van der Waals surface area contributed by atoms with Crippen molar-refractivity contribution in [2.75, 3.05) is 0 Å². The van der Waals surface area contributed by atoms with E-state index in [2.05, 4.69) is 197 Å². The summed E-state index contributed by atoms with van der Waals surface area (Å²) in [6.45, 7) is 0. The number of pyridine rings is 1. The van der Waals surface area contributed by atoms with Crippen molar-refractivity contribution in [2.45, 2.75) is 25.7 Å². The van der Waals surface area contributed by atoms with Crippen LogP contribution < -0.4 is 4.74 Å². The van der Waals surface area contributed by atoms with Crippen LogP contribution in [0.5, 0.6) is 11.5 Å². The van der Waals surface area contributed by atoms with Gasteiger partial charge in [-0.25, -0.2) is 0 Å². The van der Waals surface area contributed by atoms with E-state index in [1.807, 2.05) is 18.3 Å². The number of imidazole rings is 1. The van der Waals surface area contributed by atoms with Gasteiger partial charge in [-0.15, -0.1) is 0 Å². The van der Waals surface area contributed by atoms with E-state index in [0.29, 0.717) is 0 Å². The molecule has 58 heavy (non-hydrogen) atoms. The molecule has 3 aromatic heterocycles. The van der Waals surface area contributed by atoms with Crippen LogP contribution in [-0.4, -0.2) is 18.7 Å². The fraction of sp³-hybridized carbons (Fsp3) is 0.0769. The SMILES string of the molecule is [Pt]=[c]1n(-c2cccc(Oc3ccc4c5cc6c(cc5n(-c5ccccn5)c4c3)CCCC6)c2)c2ccccc2n1-c1c(-c2ccccc2)cccc1-c1ccccc1. The van der Waals surface area contributed by atoms with E-state index in [-0.39, 0.29) is 0 Å². The van der Waals surface area contributed by atoms with Gasteiger partial charge in [0.1, 0.15) is 0 Å². The second kappa shape index (κ2) is 14.4. The van der Waals surface area contributed by atoms with Crippen molar-refractivity contribution in [1.29, 1.82) is 0 Å². The predicted octanol–water partition coefficient (Wildman–Crippen LogP) is 13.0. The Morgan fingerprint density at radius 3 is 1.79 bits per heavy atom. The molecule has 0 amide bonds. The van der Waals surface area contributed by atoms with Gasteiger partial charge in [-0.1, -0.05) is 6.07 Å². The number of para-hydroxylation sites is 3. The summed E-state index contributed by atoms with van der Waals surface area (Å²) in [7, 11) is 0. The predicted molar refractivity (Wildman–Crippen MR) is 232 cm³/mol. The third-order valence-electron chi connectivity index (χ3n) is 11.5. The van der Waals surface area contributed by atoms with Crippen LogP contribution in [0.4, 0.5) is 0 Å². The number of rotatable bonds is 7. The summed E-state index contributed by atoms with van der Waals surface area (Å²) in [5.41, 5.74) is 14.3. The van der Waals surface area contributed by atoms with Gasteiger partial charge < -0.3 is 0 Å². The van der Waals surface area contributed by atoms with Gasteiger partial charge in [0, 0.05) is 6.20 Å². The zero-order valence-corrected chi connectivity index (χ0v) is 33.9. The first-order valence-electron chi connectivity index (χ1n) is 19.9. The molecule has 0 spiro atoms. The number of aromatic nitrogens is 4. The van der Waals surface area contributed by atoms with Crippen molar-refractivity contribution in [2.24, 2.45) is 0 Å².